The fraction of sp³-hybridized carbons (Fsp3) is 0.286. The van der Waals surface area contributed by atoms with Crippen LogP contribution >= 0.6 is 0 Å². The number of halogens is 1. The average molecular weight is 369 g/mol. The number of carbonyl (C=O) groups excluding carboxylic acids is 3. The summed E-state index contributed by atoms with van der Waals surface area (Å²) in [5.74, 6) is -2.23. The Balaban J connectivity index is 2.02. The number of rotatable bonds is 7. The molecule has 2 N–H and O–H groups in total. The third-order valence-corrected chi connectivity index (χ3v) is 5.24. The van der Waals surface area contributed by atoms with E-state index in [1.807, 2.05) is 30.3 Å². The number of nitrogens with zero attached hydrogens (tertiary/aromatic N) is 1. The summed E-state index contributed by atoms with van der Waals surface area (Å²) in [6.45, 7) is 0.683. The van der Waals surface area contributed by atoms with Crippen molar-refractivity contribution in [2.75, 3.05) is 6.54 Å². The van der Waals surface area contributed by atoms with Crippen LogP contribution in [0.25, 0.3) is 0 Å². The second kappa shape index (κ2) is 7.80. The van der Waals surface area contributed by atoms with E-state index in [2.05, 4.69) is 0 Å². The van der Waals surface area contributed by atoms with Gasteiger partial charge in [0, 0.05) is 18.4 Å². The number of nitrogens with two attached hydrogens (primary N) is 1. The molecule has 1 saturated heterocycles. The normalized spacial score (nSPS) is 20.4. The molecule has 1 fully saturated rings. The van der Waals surface area contributed by atoms with E-state index in [0.717, 1.165) is 11.1 Å². The summed E-state index contributed by atoms with van der Waals surface area (Å²) in [5, 5.41) is 0. The summed E-state index contributed by atoms with van der Waals surface area (Å²) in [5.41, 5.74) is 6.91. The molecule has 0 saturated carbocycles. The van der Waals surface area contributed by atoms with Crippen LogP contribution in [0, 0.1) is 5.82 Å². The van der Waals surface area contributed by atoms with Gasteiger partial charge in [0.2, 0.25) is 0 Å². The topological polar surface area (TPSA) is 77.2 Å². The summed E-state index contributed by atoms with van der Waals surface area (Å²) in [6.07, 6.45) is 1.23. The van der Waals surface area contributed by atoms with E-state index in [4.69, 9.17) is 5.73 Å². The Bertz CT molecular complexity index is 851. The van der Waals surface area contributed by atoms with Crippen molar-refractivity contribution in [1.29, 1.82) is 0 Å². The van der Waals surface area contributed by atoms with Gasteiger partial charge < -0.3 is 5.73 Å². The number of hydrogen-bond acceptors (Lipinski definition) is 3. The number of quaternary nitrogens is 1. The molecule has 2 aromatic carbocycles. The van der Waals surface area contributed by atoms with Gasteiger partial charge in [-0.05, 0) is 17.7 Å². The van der Waals surface area contributed by atoms with Crippen LogP contribution in [0.15, 0.2) is 54.6 Å². The second-order valence-corrected chi connectivity index (χ2v) is 6.97. The van der Waals surface area contributed by atoms with Gasteiger partial charge in [-0.25, -0.2) is 13.7 Å². The Morgan fingerprint density at radius 1 is 1.04 bits per heavy atom. The van der Waals surface area contributed by atoms with Crippen molar-refractivity contribution in [3.8, 4) is 0 Å². The summed E-state index contributed by atoms with van der Waals surface area (Å²) in [4.78, 5) is 37.4. The number of carbonyl (C=O) groups is 3. The maximum Gasteiger partial charge on any atom is 0.314 e. The van der Waals surface area contributed by atoms with Crippen LogP contribution in [-0.4, -0.2) is 34.7 Å². The predicted molar refractivity (Wildman–Crippen MR) is 97.6 cm³/mol. The third-order valence-electron chi connectivity index (χ3n) is 5.24. The molecule has 6 heteroatoms. The lowest BCUT2D eigenvalue weighted by Crippen LogP contribution is -2.61. The van der Waals surface area contributed by atoms with E-state index in [0.29, 0.717) is 19.4 Å². The molecular formula is C21H22FN2O3+. The number of hydrogen-bond donors (Lipinski definition) is 1. The molecule has 2 amide bonds. The minimum Gasteiger partial charge on any atom is -0.363 e. The fourth-order valence-corrected chi connectivity index (χ4v) is 3.88. The minimum atomic E-state index is -1.03. The van der Waals surface area contributed by atoms with E-state index in [1.54, 1.807) is 12.1 Å². The van der Waals surface area contributed by atoms with Crippen LogP contribution in [0.1, 0.15) is 24.0 Å². The van der Waals surface area contributed by atoms with E-state index in [-0.39, 0.29) is 29.2 Å². The van der Waals surface area contributed by atoms with E-state index >= 15 is 0 Å². The number of ketones is 1. The lowest BCUT2D eigenvalue weighted by Gasteiger charge is -2.38. The lowest BCUT2D eigenvalue weighted by molar-refractivity contribution is -0.875. The van der Waals surface area contributed by atoms with Crippen LogP contribution in [0.4, 0.5) is 4.39 Å². The largest absolute Gasteiger partial charge is 0.363 e. The second-order valence-electron chi connectivity index (χ2n) is 6.97. The molecule has 1 unspecified atom stereocenters. The number of benzene rings is 2. The molecule has 0 spiro atoms. The van der Waals surface area contributed by atoms with Crippen molar-refractivity contribution in [2.45, 2.75) is 31.8 Å². The summed E-state index contributed by atoms with van der Waals surface area (Å²) in [6, 6.07) is 14.2. The minimum absolute atomic E-state index is 0.0881. The molecule has 140 valence electrons. The van der Waals surface area contributed by atoms with E-state index in [9.17, 15) is 18.8 Å². The number of primary amides is 1. The molecule has 0 radical (unpaired) electrons. The van der Waals surface area contributed by atoms with Crippen molar-refractivity contribution < 1.29 is 23.3 Å². The fourth-order valence-electron chi connectivity index (χ4n) is 3.88. The van der Waals surface area contributed by atoms with Crippen molar-refractivity contribution in [3.63, 3.8) is 0 Å². The molecule has 1 aliphatic rings. The molecule has 27 heavy (non-hydrogen) atoms. The van der Waals surface area contributed by atoms with Crippen molar-refractivity contribution in [2.24, 2.45) is 5.73 Å². The van der Waals surface area contributed by atoms with Crippen LogP contribution in [0.5, 0.6) is 0 Å². The first-order chi connectivity index (χ1) is 12.9. The number of amides is 2. The molecule has 1 aliphatic heterocycles. The molecular weight excluding hydrogens is 347 g/mol. The Morgan fingerprint density at radius 2 is 1.70 bits per heavy atom. The van der Waals surface area contributed by atoms with E-state index in [1.165, 1.54) is 12.1 Å². The highest BCUT2D eigenvalue weighted by molar-refractivity contribution is 6.37. The van der Waals surface area contributed by atoms with Gasteiger partial charge in [-0.3, -0.25) is 9.59 Å². The Hall–Kier alpha value is -2.86. The zero-order chi connectivity index (χ0) is 19.4. The van der Waals surface area contributed by atoms with Gasteiger partial charge in [-0.15, -0.1) is 0 Å². The Labute approximate surface area is 157 Å². The Morgan fingerprint density at radius 3 is 2.26 bits per heavy atom. The monoisotopic (exact) mass is 369 g/mol. The molecule has 2 atom stereocenters. The first-order valence-corrected chi connectivity index (χ1v) is 8.94. The van der Waals surface area contributed by atoms with Gasteiger partial charge in [0.05, 0.1) is 13.0 Å². The number of Topliss-reactive ketones (excluding diaryl/α,β-unsaturated/α-hetero) is 1. The smallest absolute Gasteiger partial charge is 0.314 e. The highest BCUT2D eigenvalue weighted by atomic mass is 19.1. The van der Waals surface area contributed by atoms with Crippen LogP contribution in [0.2, 0.25) is 0 Å². The lowest BCUT2D eigenvalue weighted by atomic mass is 9.97. The first-order valence-electron chi connectivity index (χ1n) is 8.94. The average Bonchev–Trinajstić information content (AvgIpc) is 3.03. The van der Waals surface area contributed by atoms with Gasteiger partial charge >= 0.3 is 5.91 Å². The quantitative estimate of drug-likeness (QED) is 0.600. The molecule has 5 nitrogen and oxygen atoms in total. The van der Waals surface area contributed by atoms with Gasteiger partial charge in [0.25, 0.3) is 11.7 Å². The van der Waals surface area contributed by atoms with Crippen LogP contribution < -0.4 is 5.73 Å². The standard InChI is InChI=1S/C21H21FN2O3/c22-17-10-8-16(9-11-17)14-24(12-4-7-19(24)25)18(20(26)21(23)27)13-15-5-2-1-3-6-15/h1-3,5-6,8-11,18H,4,7,12-14H2,(H-,23,27)/p+1/t18-,24?/m1/s1. The first kappa shape index (κ1) is 18.9. The highest BCUT2D eigenvalue weighted by Gasteiger charge is 2.51. The molecule has 0 aromatic heterocycles. The maximum absolute atomic E-state index is 13.3. The zero-order valence-corrected chi connectivity index (χ0v) is 14.9. The Kier molecular flexibility index (Phi) is 5.46. The SMILES string of the molecule is NC(=O)C(=O)[C@@H](Cc1ccccc1)[N+]1(Cc2ccc(F)cc2)CCCC1=O. The molecule has 0 bridgehead atoms. The summed E-state index contributed by atoms with van der Waals surface area (Å²) < 4.78 is 13.1. The van der Waals surface area contributed by atoms with Gasteiger partial charge in [0.15, 0.2) is 6.04 Å². The van der Waals surface area contributed by atoms with Gasteiger partial charge in [-0.2, -0.15) is 0 Å². The van der Waals surface area contributed by atoms with Gasteiger partial charge in [-0.1, -0.05) is 42.5 Å². The van der Waals surface area contributed by atoms with Crippen molar-refractivity contribution in [1.82, 2.24) is 0 Å². The molecule has 1 heterocycles. The third kappa shape index (κ3) is 3.95. The predicted octanol–water partition coefficient (Wildman–Crippen LogP) is 2.13. The van der Waals surface area contributed by atoms with Crippen molar-refractivity contribution in [3.05, 3.63) is 71.5 Å². The maximum atomic E-state index is 13.3. The zero-order valence-electron chi connectivity index (χ0n) is 14.9. The molecule has 3 rings (SSSR count). The van der Waals surface area contributed by atoms with Crippen LogP contribution in [0.3, 0.4) is 0 Å². The van der Waals surface area contributed by atoms with Crippen LogP contribution in [-0.2, 0) is 27.3 Å². The number of likely N-dealkylation sites (tertiary alicyclic amines) is 1. The molecule has 0 aliphatic carbocycles. The van der Waals surface area contributed by atoms with Gasteiger partial charge in [0.1, 0.15) is 12.4 Å². The highest BCUT2D eigenvalue weighted by Crippen LogP contribution is 2.31. The van der Waals surface area contributed by atoms with Crippen molar-refractivity contribution >= 4 is 17.6 Å². The summed E-state index contributed by atoms with van der Waals surface area (Å²) in [7, 11) is 0. The molecule has 2 aromatic rings. The van der Waals surface area contributed by atoms with E-state index < -0.39 is 17.7 Å². The summed E-state index contributed by atoms with van der Waals surface area (Å²) >= 11 is 0.